The van der Waals surface area contributed by atoms with Gasteiger partial charge < -0.3 is 45.1 Å². The van der Waals surface area contributed by atoms with Crippen molar-refractivity contribution in [1.82, 2.24) is 15.3 Å². The molecule has 1 amide bonds. The van der Waals surface area contributed by atoms with Crippen LogP contribution in [0.4, 0.5) is 0 Å². The summed E-state index contributed by atoms with van der Waals surface area (Å²) in [7, 11) is 0. The van der Waals surface area contributed by atoms with Crippen molar-refractivity contribution in [2.24, 2.45) is 0 Å². The Labute approximate surface area is 294 Å². The second-order valence-electron chi connectivity index (χ2n) is 12.6. The molecular formula is C37H40ClN3O9. The van der Waals surface area contributed by atoms with Crippen LogP contribution in [0.1, 0.15) is 52.7 Å². The van der Waals surface area contributed by atoms with E-state index in [4.69, 9.17) is 30.9 Å². The van der Waals surface area contributed by atoms with E-state index in [1.54, 1.807) is 18.5 Å². The van der Waals surface area contributed by atoms with E-state index in [-0.39, 0.29) is 24.2 Å². The van der Waals surface area contributed by atoms with Gasteiger partial charge in [0.15, 0.2) is 0 Å². The number of nitrogens with one attached hydrogen (secondary N) is 1. The first-order valence-electron chi connectivity index (χ1n) is 16.5. The highest BCUT2D eigenvalue weighted by Crippen LogP contribution is 2.51. The molecule has 6 N–H and O–H groups in total. The average Bonchev–Trinajstić information content (AvgIpc) is 4.10. The number of nitrogens with zero attached hydrogens (tertiary/aromatic N) is 2. The largest absolute Gasteiger partial charge is 0.490 e. The summed E-state index contributed by atoms with van der Waals surface area (Å²) in [5.41, 5.74) is 4.51. The summed E-state index contributed by atoms with van der Waals surface area (Å²) in [5, 5.41) is 51.2. The highest BCUT2D eigenvalue weighted by atomic mass is 35.5. The Morgan fingerprint density at radius 3 is 2.38 bits per heavy atom. The minimum absolute atomic E-state index is 0.109. The lowest BCUT2D eigenvalue weighted by Gasteiger charge is -2.28. The number of carbonyl (C=O) groups excluding carboxylic acids is 1. The summed E-state index contributed by atoms with van der Waals surface area (Å²) in [6.45, 7) is -1.04. The molecule has 50 heavy (non-hydrogen) atoms. The quantitative estimate of drug-likeness (QED) is 0.0948. The van der Waals surface area contributed by atoms with Gasteiger partial charge in [0.1, 0.15) is 30.7 Å². The van der Waals surface area contributed by atoms with Crippen LogP contribution in [0.15, 0.2) is 79.3 Å². The van der Waals surface area contributed by atoms with Crippen LogP contribution in [0, 0.1) is 0 Å². The number of carbonyl (C=O) groups is 1. The van der Waals surface area contributed by atoms with Crippen molar-refractivity contribution < 1.29 is 44.5 Å². The Kier molecular flexibility index (Phi) is 11.3. The molecule has 6 rings (SSSR count). The Morgan fingerprint density at radius 1 is 0.940 bits per heavy atom. The third-order valence-electron chi connectivity index (χ3n) is 8.88. The van der Waals surface area contributed by atoms with Crippen molar-refractivity contribution in [3.63, 3.8) is 0 Å². The minimum atomic E-state index is -1.78. The van der Waals surface area contributed by atoms with Crippen LogP contribution in [0.25, 0.3) is 11.1 Å². The predicted octanol–water partition coefficient (Wildman–Crippen LogP) is 3.29. The highest BCUT2D eigenvalue weighted by Gasteiger charge is 2.46. The van der Waals surface area contributed by atoms with Gasteiger partial charge in [0, 0.05) is 35.2 Å². The SMILES string of the molecule is O=C(N[C@@H](CO)[C@@H](O)[C@H](O)[C@H](O)CO)c1ccc(OCc2ccc(Cl)c(COC3(c4ccc(OC5CC5)c(-c5ccncc5)c4)CC3)c2)nc1. The number of amides is 1. The van der Waals surface area contributed by atoms with Crippen molar-refractivity contribution in [3.05, 3.63) is 107 Å². The molecule has 0 saturated heterocycles. The average molecular weight is 706 g/mol. The van der Waals surface area contributed by atoms with E-state index in [2.05, 4.69) is 27.4 Å². The number of hydrogen-bond donors (Lipinski definition) is 6. The number of ether oxygens (including phenoxy) is 3. The molecule has 0 unspecified atom stereocenters. The minimum Gasteiger partial charge on any atom is -0.490 e. The zero-order chi connectivity index (χ0) is 35.3. The third-order valence-corrected chi connectivity index (χ3v) is 9.24. The number of aliphatic hydroxyl groups excluding tert-OH is 5. The molecule has 264 valence electrons. The van der Waals surface area contributed by atoms with E-state index in [9.17, 15) is 25.2 Å². The van der Waals surface area contributed by atoms with Gasteiger partial charge in [-0.1, -0.05) is 23.7 Å². The molecule has 2 aliphatic carbocycles. The first kappa shape index (κ1) is 35.7. The molecule has 0 aliphatic heterocycles. The van der Waals surface area contributed by atoms with Crippen molar-refractivity contribution in [1.29, 1.82) is 0 Å². The van der Waals surface area contributed by atoms with Gasteiger partial charge in [0.05, 0.1) is 43.1 Å². The number of aliphatic hydroxyl groups is 5. The maximum absolute atomic E-state index is 12.7. The molecule has 2 aromatic carbocycles. The van der Waals surface area contributed by atoms with Crippen LogP contribution >= 0.6 is 11.6 Å². The number of benzene rings is 2. The molecule has 0 radical (unpaired) electrons. The fourth-order valence-corrected chi connectivity index (χ4v) is 5.71. The molecule has 13 heteroatoms. The van der Waals surface area contributed by atoms with Crippen LogP contribution in [-0.2, 0) is 23.6 Å². The molecule has 4 atom stereocenters. The molecular weight excluding hydrogens is 666 g/mol. The Hall–Kier alpha value is -4.14. The zero-order valence-electron chi connectivity index (χ0n) is 27.2. The topological polar surface area (TPSA) is 184 Å². The normalized spacial score (nSPS) is 17.3. The van der Waals surface area contributed by atoms with E-state index in [0.717, 1.165) is 59.3 Å². The maximum Gasteiger partial charge on any atom is 0.253 e. The van der Waals surface area contributed by atoms with Gasteiger partial charge in [0.2, 0.25) is 5.88 Å². The van der Waals surface area contributed by atoms with E-state index in [1.165, 1.54) is 18.3 Å². The van der Waals surface area contributed by atoms with Gasteiger partial charge in [0.25, 0.3) is 5.91 Å². The van der Waals surface area contributed by atoms with Gasteiger partial charge in [-0.15, -0.1) is 0 Å². The van der Waals surface area contributed by atoms with E-state index in [1.807, 2.05) is 30.3 Å². The lowest BCUT2D eigenvalue weighted by Crippen LogP contribution is -2.54. The summed E-state index contributed by atoms with van der Waals surface area (Å²) in [4.78, 5) is 21.0. The van der Waals surface area contributed by atoms with Crippen LogP contribution in [-0.4, -0.2) is 85.1 Å². The second-order valence-corrected chi connectivity index (χ2v) is 13.0. The number of rotatable bonds is 17. The molecule has 12 nitrogen and oxygen atoms in total. The third kappa shape index (κ3) is 8.59. The summed E-state index contributed by atoms with van der Waals surface area (Å²) in [6.07, 6.45) is 3.88. The summed E-state index contributed by atoms with van der Waals surface area (Å²) < 4.78 is 18.6. The molecule has 0 spiro atoms. The lowest BCUT2D eigenvalue weighted by atomic mass is 9.99. The van der Waals surface area contributed by atoms with Crippen LogP contribution in [0.2, 0.25) is 5.02 Å². The van der Waals surface area contributed by atoms with Crippen molar-refractivity contribution in [2.75, 3.05) is 13.2 Å². The number of aromatic nitrogens is 2. The maximum atomic E-state index is 12.7. The van der Waals surface area contributed by atoms with Crippen molar-refractivity contribution in [3.8, 4) is 22.8 Å². The summed E-state index contributed by atoms with van der Waals surface area (Å²) >= 11 is 6.58. The molecule has 4 aromatic rings. The molecule has 2 fully saturated rings. The number of halogens is 1. The lowest BCUT2D eigenvalue weighted by molar-refractivity contribution is -0.0904. The standard InChI is InChI=1S/C37H40ClN3O9/c38-29-6-1-22(20-48-33-8-2-24(17-40-33)36(47)41-30(18-42)34(45)35(46)31(44)19-43)15-25(29)21-49-37(11-12-37)26-3-7-32(50-27-4-5-27)28(16-26)23-9-13-39-14-10-23/h1-3,6-10,13-17,27,30-31,34-35,42-46H,4-5,11-12,18-21H2,(H,41,47)/t30-,31+,34+,35+/m0/s1. The van der Waals surface area contributed by atoms with Gasteiger partial charge >= 0.3 is 0 Å². The molecule has 2 aliphatic rings. The first-order chi connectivity index (χ1) is 24.2. The number of pyridine rings is 2. The fourth-order valence-electron chi connectivity index (χ4n) is 5.53. The van der Waals surface area contributed by atoms with Crippen LogP contribution in [0.5, 0.6) is 11.6 Å². The van der Waals surface area contributed by atoms with E-state index in [0.29, 0.717) is 11.6 Å². The second kappa shape index (κ2) is 15.8. The molecule has 2 saturated carbocycles. The smallest absolute Gasteiger partial charge is 0.253 e. The predicted molar refractivity (Wildman–Crippen MR) is 182 cm³/mol. The Morgan fingerprint density at radius 2 is 1.72 bits per heavy atom. The van der Waals surface area contributed by atoms with Gasteiger partial charge in [-0.3, -0.25) is 9.78 Å². The van der Waals surface area contributed by atoms with Crippen molar-refractivity contribution in [2.45, 2.75) is 75.0 Å². The van der Waals surface area contributed by atoms with E-state index < -0.39 is 49.1 Å². The summed E-state index contributed by atoms with van der Waals surface area (Å²) in [5.74, 6) is 0.439. The van der Waals surface area contributed by atoms with Crippen LogP contribution in [0.3, 0.4) is 0 Å². The van der Waals surface area contributed by atoms with Gasteiger partial charge in [-0.05, 0) is 90.4 Å². The zero-order valence-corrected chi connectivity index (χ0v) is 27.9. The Bertz CT molecular complexity index is 1750. The van der Waals surface area contributed by atoms with Crippen LogP contribution < -0.4 is 14.8 Å². The molecule has 0 bridgehead atoms. The van der Waals surface area contributed by atoms with Gasteiger partial charge in [-0.2, -0.15) is 0 Å². The highest BCUT2D eigenvalue weighted by molar-refractivity contribution is 6.31. The molecule has 2 aromatic heterocycles. The van der Waals surface area contributed by atoms with E-state index >= 15 is 0 Å². The monoisotopic (exact) mass is 705 g/mol. The summed E-state index contributed by atoms with van der Waals surface area (Å²) in [6, 6.07) is 17.5. The van der Waals surface area contributed by atoms with Crippen molar-refractivity contribution >= 4 is 17.5 Å². The molecule has 2 heterocycles. The van der Waals surface area contributed by atoms with Gasteiger partial charge in [-0.25, -0.2) is 4.98 Å². The fraction of sp³-hybridized carbons (Fsp3) is 0.378. The first-order valence-corrected chi connectivity index (χ1v) is 16.9. The number of hydrogen-bond acceptors (Lipinski definition) is 11. The Balaban J connectivity index is 1.06.